The van der Waals surface area contributed by atoms with Crippen molar-refractivity contribution in [2.45, 2.75) is 56.7 Å². The van der Waals surface area contributed by atoms with Crippen molar-refractivity contribution in [2.24, 2.45) is 18.8 Å². The predicted molar refractivity (Wildman–Crippen MR) is 79.9 cm³/mol. The molecule has 0 aliphatic carbocycles. The van der Waals surface area contributed by atoms with Gasteiger partial charge >= 0.3 is 0 Å². The number of aromatic nitrogens is 2. The van der Waals surface area contributed by atoms with Crippen LogP contribution in [0.25, 0.3) is 0 Å². The van der Waals surface area contributed by atoms with Gasteiger partial charge in [-0.05, 0) is 45.1 Å². The lowest BCUT2D eigenvalue weighted by molar-refractivity contribution is 0.110. The summed E-state index contributed by atoms with van der Waals surface area (Å²) in [6.45, 7) is 0. The molecule has 3 N–H and O–H groups in total. The molecule has 5 nitrogen and oxygen atoms in total. The molecule has 3 rings (SSSR count). The van der Waals surface area contributed by atoms with Crippen molar-refractivity contribution in [3.8, 4) is 0 Å². The van der Waals surface area contributed by atoms with Crippen LogP contribution in [0.5, 0.6) is 0 Å². The Balaban J connectivity index is 1.58. The highest BCUT2D eigenvalue weighted by molar-refractivity contribution is 4.98. The molecule has 0 amide bonds. The third-order valence-electron chi connectivity index (χ3n) is 5.52. The van der Waals surface area contributed by atoms with Gasteiger partial charge in [0.15, 0.2) is 0 Å². The summed E-state index contributed by atoms with van der Waals surface area (Å²) in [6, 6.07) is 1.98. The minimum Gasteiger partial charge on any atom is -0.338 e. The molecular formula is C15H27N5. The number of nitrogens with zero attached hydrogens (tertiary/aromatic N) is 3. The Kier molecular flexibility index (Phi) is 4.10. The number of rotatable bonds is 5. The highest BCUT2D eigenvalue weighted by Gasteiger charge is 2.40. The first-order chi connectivity index (χ1) is 9.69. The van der Waals surface area contributed by atoms with Gasteiger partial charge in [0.2, 0.25) is 0 Å². The lowest BCUT2D eigenvalue weighted by Crippen LogP contribution is -2.49. The second-order valence-electron chi connectivity index (χ2n) is 6.55. The van der Waals surface area contributed by atoms with Gasteiger partial charge in [0.25, 0.3) is 0 Å². The van der Waals surface area contributed by atoms with Gasteiger partial charge < -0.3 is 9.47 Å². The van der Waals surface area contributed by atoms with Crippen LogP contribution in [0, 0.1) is 5.92 Å². The van der Waals surface area contributed by atoms with Crippen molar-refractivity contribution in [2.75, 3.05) is 7.05 Å². The van der Waals surface area contributed by atoms with Gasteiger partial charge in [0, 0.05) is 44.0 Å². The predicted octanol–water partition coefficient (Wildman–Crippen LogP) is 1.06. The molecule has 3 unspecified atom stereocenters. The van der Waals surface area contributed by atoms with Crippen LogP contribution >= 0.6 is 0 Å². The van der Waals surface area contributed by atoms with Crippen LogP contribution in [0.3, 0.4) is 0 Å². The minimum absolute atomic E-state index is 0.420. The summed E-state index contributed by atoms with van der Waals surface area (Å²) < 4.78 is 2.10. The number of aryl methyl sites for hydroxylation is 2. The summed E-state index contributed by atoms with van der Waals surface area (Å²) in [6.07, 6.45) is 11.3. The molecule has 0 spiro atoms. The molecular weight excluding hydrogens is 250 g/mol. The first-order valence-electron chi connectivity index (χ1n) is 7.83. The maximum Gasteiger partial charge on any atom is 0.108 e. The Hall–Kier alpha value is -0.910. The lowest BCUT2D eigenvalue weighted by atomic mass is 9.83. The molecule has 2 aliphatic rings. The van der Waals surface area contributed by atoms with Gasteiger partial charge in [-0.2, -0.15) is 0 Å². The molecule has 2 fully saturated rings. The van der Waals surface area contributed by atoms with Crippen LogP contribution in [0.2, 0.25) is 0 Å². The van der Waals surface area contributed by atoms with Gasteiger partial charge in [0.05, 0.1) is 0 Å². The minimum atomic E-state index is 0.420. The van der Waals surface area contributed by atoms with Gasteiger partial charge in [-0.15, -0.1) is 0 Å². The number of hydrazine groups is 1. The molecule has 0 aromatic carbocycles. The normalized spacial score (nSPS) is 31.6. The van der Waals surface area contributed by atoms with Crippen molar-refractivity contribution < 1.29 is 0 Å². The lowest BCUT2D eigenvalue weighted by Gasteiger charge is -2.39. The number of fused-ring (bicyclic) bond motifs is 2. The highest BCUT2D eigenvalue weighted by Crippen LogP contribution is 2.39. The van der Waals surface area contributed by atoms with Crippen LogP contribution in [-0.2, 0) is 13.5 Å². The van der Waals surface area contributed by atoms with E-state index in [1.54, 1.807) is 0 Å². The molecule has 112 valence electrons. The zero-order valence-electron chi connectivity index (χ0n) is 12.6. The SMILES string of the molecule is CN1C2CCC1CC(C(CCc1nccn1C)NN)C2. The molecule has 5 heteroatoms. The Morgan fingerprint density at radius 3 is 2.60 bits per heavy atom. The van der Waals surface area contributed by atoms with E-state index in [-0.39, 0.29) is 0 Å². The smallest absolute Gasteiger partial charge is 0.108 e. The monoisotopic (exact) mass is 277 g/mol. The molecule has 1 aromatic rings. The van der Waals surface area contributed by atoms with Crippen LogP contribution in [0.4, 0.5) is 0 Å². The van der Waals surface area contributed by atoms with E-state index in [4.69, 9.17) is 5.84 Å². The summed E-state index contributed by atoms with van der Waals surface area (Å²) in [5.74, 6) is 7.71. The molecule has 0 radical (unpaired) electrons. The molecule has 2 saturated heterocycles. The van der Waals surface area contributed by atoms with E-state index in [9.17, 15) is 0 Å². The quantitative estimate of drug-likeness (QED) is 0.624. The number of hydrogen-bond donors (Lipinski definition) is 2. The van der Waals surface area contributed by atoms with Crippen LogP contribution in [-0.4, -0.2) is 39.6 Å². The third kappa shape index (κ3) is 2.62. The summed E-state index contributed by atoms with van der Waals surface area (Å²) in [5.41, 5.74) is 3.08. The maximum absolute atomic E-state index is 5.84. The van der Waals surface area contributed by atoms with Crippen LogP contribution < -0.4 is 11.3 Å². The average molecular weight is 277 g/mol. The zero-order valence-corrected chi connectivity index (χ0v) is 12.6. The van der Waals surface area contributed by atoms with Gasteiger partial charge in [0.1, 0.15) is 5.82 Å². The van der Waals surface area contributed by atoms with Crippen molar-refractivity contribution in [1.29, 1.82) is 0 Å². The summed E-state index contributed by atoms with van der Waals surface area (Å²) in [7, 11) is 4.35. The van der Waals surface area contributed by atoms with Crippen molar-refractivity contribution in [1.82, 2.24) is 19.9 Å². The molecule has 2 bridgehead atoms. The molecule has 3 atom stereocenters. The highest BCUT2D eigenvalue weighted by atomic mass is 15.2. The number of nitrogens with two attached hydrogens (primary N) is 1. The molecule has 2 aliphatic heterocycles. The van der Waals surface area contributed by atoms with Gasteiger partial charge in [-0.1, -0.05) is 0 Å². The van der Waals surface area contributed by atoms with Crippen LogP contribution in [0.15, 0.2) is 12.4 Å². The first-order valence-corrected chi connectivity index (χ1v) is 7.83. The van der Waals surface area contributed by atoms with Gasteiger partial charge in [-0.3, -0.25) is 11.3 Å². The average Bonchev–Trinajstić information content (AvgIpc) is 2.91. The van der Waals surface area contributed by atoms with E-state index in [1.807, 2.05) is 12.4 Å². The Morgan fingerprint density at radius 1 is 1.35 bits per heavy atom. The number of nitrogens with one attached hydrogen (secondary N) is 1. The topological polar surface area (TPSA) is 59.1 Å². The molecule has 1 aromatic heterocycles. The standard InChI is InChI=1S/C15H27N5/c1-19-8-7-17-15(19)6-5-14(18-16)11-9-12-3-4-13(10-11)20(12)2/h7-8,11-14,18H,3-6,9-10,16H2,1-2H3. The Bertz CT molecular complexity index is 429. The van der Waals surface area contributed by atoms with E-state index >= 15 is 0 Å². The van der Waals surface area contributed by atoms with Gasteiger partial charge in [-0.25, -0.2) is 4.98 Å². The maximum atomic E-state index is 5.84. The van der Waals surface area contributed by atoms with E-state index < -0.39 is 0 Å². The molecule has 20 heavy (non-hydrogen) atoms. The fourth-order valence-corrected chi connectivity index (χ4v) is 4.16. The Labute approximate surface area is 121 Å². The number of hydrogen-bond acceptors (Lipinski definition) is 4. The summed E-state index contributed by atoms with van der Waals surface area (Å²) in [5, 5.41) is 0. The second-order valence-corrected chi connectivity index (χ2v) is 6.55. The fourth-order valence-electron chi connectivity index (χ4n) is 4.16. The molecule has 3 heterocycles. The Morgan fingerprint density at radius 2 is 2.05 bits per heavy atom. The number of piperidine rings is 1. The number of imidazole rings is 1. The summed E-state index contributed by atoms with van der Waals surface area (Å²) >= 11 is 0. The van der Waals surface area contributed by atoms with Crippen LogP contribution in [0.1, 0.15) is 37.9 Å². The fraction of sp³-hybridized carbons (Fsp3) is 0.800. The van der Waals surface area contributed by atoms with Crippen molar-refractivity contribution in [3.63, 3.8) is 0 Å². The van der Waals surface area contributed by atoms with E-state index in [2.05, 4.69) is 34.0 Å². The second kappa shape index (κ2) is 5.84. The summed E-state index contributed by atoms with van der Waals surface area (Å²) in [4.78, 5) is 6.99. The molecule has 0 saturated carbocycles. The van der Waals surface area contributed by atoms with E-state index in [1.165, 1.54) is 25.7 Å². The first kappa shape index (κ1) is 14.0. The van der Waals surface area contributed by atoms with E-state index in [0.717, 1.165) is 30.7 Å². The largest absolute Gasteiger partial charge is 0.338 e. The van der Waals surface area contributed by atoms with E-state index in [0.29, 0.717) is 12.0 Å². The third-order valence-corrected chi connectivity index (χ3v) is 5.52. The zero-order chi connectivity index (χ0) is 14.1. The van der Waals surface area contributed by atoms with Crippen molar-refractivity contribution >= 4 is 0 Å². The van der Waals surface area contributed by atoms with Crippen molar-refractivity contribution in [3.05, 3.63) is 18.2 Å².